The Labute approximate surface area is 206 Å². The molecule has 0 amide bonds. The Morgan fingerprint density at radius 1 is 1.17 bits per heavy atom. The highest BCUT2D eigenvalue weighted by molar-refractivity contribution is 6.31. The Morgan fingerprint density at radius 3 is 2.58 bits per heavy atom. The van der Waals surface area contributed by atoms with Crippen molar-refractivity contribution in [3.05, 3.63) is 69.9 Å². The lowest BCUT2D eigenvalue weighted by Crippen LogP contribution is -2.41. The van der Waals surface area contributed by atoms with Gasteiger partial charge in [-0.05, 0) is 39.8 Å². The van der Waals surface area contributed by atoms with Crippen molar-refractivity contribution in [2.24, 2.45) is 0 Å². The minimum Gasteiger partial charge on any atom is -0.507 e. The summed E-state index contributed by atoms with van der Waals surface area (Å²) in [7, 11) is 0. The van der Waals surface area contributed by atoms with E-state index in [4.69, 9.17) is 4.74 Å². The number of Topliss-reactive ketones (excluding diaryl/α,β-unsaturated/α-hetero) is 2. The van der Waals surface area contributed by atoms with E-state index in [1.807, 2.05) is 24.3 Å². The number of benzene rings is 2. The van der Waals surface area contributed by atoms with Crippen molar-refractivity contribution in [3.63, 3.8) is 0 Å². The number of H-pyrrole nitrogens is 1. The lowest BCUT2D eigenvalue weighted by molar-refractivity contribution is -0.123. The Bertz CT molecular complexity index is 1530. The van der Waals surface area contributed by atoms with E-state index in [1.54, 1.807) is 13.8 Å². The number of hydrogen-bond donors (Lipinski definition) is 4. The maximum absolute atomic E-state index is 13.8. The zero-order valence-corrected chi connectivity index (χ0v) is 20.3. The fourth-order valence-corrected chi connectivity index (χ4v) is 4.94. The topological polar surface area (TPSA) is 142 Å². The van der Waals surface area contributed by atoms with Gasteiger partial charge >= 0.3 is 0 Å². The first-order valence-corrected chi connectivity index (χ1v) is 11.5. The third-order valence-electron chi connectivity index (χ3n) is 6.95. The number of hydrogen-bond acceptors (Lipinski definition) is 8. The van der Waals surface area contributed by atoms with Gasteiger partial charge in [0.15, 0.2) is 17.3 Å². The molecule has 184 valence electrons. The number of aromatic hydroxyl groups is 2. The van der Waals surface area contributed by atoms with Gasteiger partial charge in [0.25, 0.3) is 0 Å². The number of aromatic amines is 1. The summed E-state index contributed by atoms with van der Waals surface area (Å²) in [6, 6.07) is 7.68. The summed E-state index contributed by atoms with van der Waals surface area (Å²) in [5.74, 6) is -1.69. The van der Waals surface area contributed by atoms with Gasteiger partial charge in [-0.25, -0.2) is 4.98 Å². The summed E-state index contributed by atoms with van der Waals surface area (Å²) in [5, 5.41) is 24.5. The van der Waals surface area contributed by atoms with E-state index in [1.165, 1.54) is 19.9 Å². The number of para-hydroxylation sites is 2. The normalized spacial score (nSPS) is 20.1. The number of imidazole rings is 1. The third kappa shape index (κ3) is 3.23. The van der Waals surface area contributed by atoms with Crippen molar-refractivity contribution in [1.29, 1.82) is 0 Å². The number of rotatable bonds is 5. The summed E-state index contributed by atoms with van der Waals surface area (Å²) in [6.07, 6.45) is 1.74. The predicted molar refractivity (Wildman–Crippen MR) is 131 cm³/mol. The van der Waals surface area contributed by atoms with Crippen LogP contribution in [-0.4, -0.2) is 44.1 Å². The first-order valence-electron chi connectivity index (χ1n) is 11.5. The number of nitrogens with one attached hydrogen (secondary N) is 2. The fraction of sp³-hybridized carbons (Fsp3) is 0.259. The molecule has 0 fully saturated rings. The van der Waals surface area contributed by atoms with Crippen molar-refractivity contribution < 1.29 is 29.3 Å². The van der Waals surface area contributed by atoms with Crippen molar-refractivity contribution >= 4 is 28.4 Å². The monoisotopic (exact) mass is 487 g/mol. The standard InChI is InChI=1S/C27H25N3O6/c1-12-23(33)21(14(3)31)25-22(24(12)34)27(4)18(36-25)11-17(32)20(26(27)35)13(2)28-10-9-19-29-15-7-5-6-8-16(15)30-19/h5-8,11,28,33-34H,9-10H2,1-4H3,(H,29,30)/b20-13+/t27-/m1/s1. The van der Waals surface area contributed by atoms with Gasteiger partial charge in [0.1, 0.15) is 39.8 Å². The Hall–Kier alpha value is -4.40. The van der Waals surface area contributed by atoms with Crippen molar-refractivity contribution in [2.45, 2.75) is 39.5 Å². The summed E-state index contributed by atoms with van der Waals surface area (Å²) in [6.45, 7) is 6.31. The number of nitrogens with zero attached hydrogens (tertiary/aromatic N) is 1. The molecule has 0 radical (unpaired) electrons. The number of carbonyl (C=O) groups excluding carboxylic acids is 3. The molecule has 0 saturated carbocycles. The maximum Gasteiger partial charge on any atom is 0.194 e. The number of phenolic OH excluding ortho intramolecular Hbond substituents is 2. The molecule has 0 bridgehead atoms. The quantitative estimate of drug-likeness (QED) is 0.244. The van der Waals surface area contributed by atoms with Gasteiger partial charge in [-0.3, -0.25) is 14.4 Å². The summed E-state index contributed by atoms with van der Waals surface area (Å²) in [4.78, 5) is 46.9. The molecule has 5 rings (SSSR count). The molecule has 1 aliphatic carbocycles. The van der Waals surface area contributed by atoms with Crippen LogP contribution in [0.4, 0.5) is 0 Å². The second kappa shape index (κ2) is 8.08. The summed E-state index contributed by atoms with van der Waals surface area (Å²) < 4.78 is 5.78. The molecular formula is C27H25N3O6. The molecule has 4 N–H and O–H groups in total. The third-order valence-corrected chi connectivity index (χ3v) is 6.95. The molecule has 3 aromatic rings. The smallest absolute Gasteiger partial charge is 0.194 e. The van der Waals surface area contributed by atoms with Crippen LogP contribution in [0.1, 0.15) is 48.1 Å². The second-order valence-corrected chi connectivity index (χ2v) is 9.26. The molecule has 0 unspecified atom stereocenters. The zero-order chi connectivity index (χ0) is 25.9. The number of ether oxygens (including phenoxy) is 1. The van der Waals surface area contributed by atoms with E-state index in [0.717, 1.165) is 16.9 Å². The van der Waals surface area contributed by atoms with E-state index in [-0.39, 0.29) is 39.5 Å². The molecule has 1 aromatic heterocycles. The van der Waals surface area contributed by atoms with Crippen LogP contribution < -0.4 is 10.1 Å². The van der Waals surface area contributed by atoms with Gasteiger partial charge in [0.05, 0.1) is 22.2 Å². The van der Waals surface area contributed by atoms with Crippen molar-refractivity contribution in [1.82, 2.24) is 15.3 Å². The Balaban J connectivity index is 1.49. The number of ketones is 3. The summed E-state index contributed by atoms with van der Waals surface area (Å²) in [5.41, 5.74) is 0.564. The van der Waals surface area contributed by atoms with E-state index in [9.17, 15) is 24.6 Å². The number of phenols is 2. The van der Waals surface area contributed by atoms with Crippen LogP contribution >= 0.6 is 0 Å². The first kappa shape index (κ1) is 23.3. The first-order chi connectivity index (χ1) is 17.1. The molecular weight excluding hydrogens is 462 g/mol. The molecule has 2 aliphatic rings. The summed E-state index contributed by atoms with van der Waals surface area (Å²) >= 11 is 0. The van der Waals surface area contributed by atoms with Crippen LogP contribution in [-0.2, 0) is 21.4 Å². The maximum atomic E-state index is 13.8. The average molecular weight is 488 g/mol. The molecule has 36 heavy (non-hydrogen) atoms. The highest BCUT2D eigenvalue weighted by Crippen LogP contribution is 2.57. The largest absolute Gasteiger partial charge is 0.507 e. The second-order valence-electron chi connectivity index (χ2n) is 9.26. The van der Waals surface area contributed by atoms with Gasteiger partial charge in [0.2, 0.25) is 0 Å². The van der Waals surface area contributed by atoms with Crippen LogP contribution in [0.25, 0.3) is 11.0 Å². The lowest BCUT2D eigenvalue weighted by atomic mass is 9.70. The van der Waals surface area contributed by atoms with Gasteiger partial charge < -0.3 is 25.3 Å². The van der Waals surface area contributed by atoms with E-state index in [2.05, 4.69) is 15.3 Å². The molecule has 9 heteroatoms. The van der Waals surface area contributed by atoms with Gasteiger partial charge in [-0.1, -0.05) is 12.1 Å². The number of aromatic nitrogens is 2. The Morgan fingerprint density at radius 2 is 1.89 bits per heavy atom. The molecule has 2 aromatic carbocycles. The van der Waals surface area contributed by atoms with Crippen LogP contribution in [0.5, 0.6) is 17.2 Å². The SMILES string of the molecule is CC(=O)c1c(O)c(C)c(O)c2c1OC1=CC(=O)/C(=C(/C)NCCc3nc4ccccc4[nH]3)C(=O)[C@]12C. The van der Waals surface area contributed by atoms with Crippen LogP contribution in [0.15, 0.2) is 47.4 Å². The molecule has 1 aliphatic heterocycles. The fourth-order valence-electron chi connectivity index (χ4n) is 4.94. The number of allylic oxidation sites excluding steroid dienone is 4. The molecule has 0 saturated heterocycles. The average Bonchev–Trinajstić information content (AvgIpc) is 3.36. The Kier molecular flexibility index (Phi) is 5.24. The molecule has 0 spiro atoms. The van der Waals surface area contributed by atoms with Crippen LogP contribution in [0, 0.1) is 6.92 Å². The van der Waals surface area contributed by atoms with E-state index >= 15 is 0 Å². The molecule has 2 heterocycles. The minimum absolute atomic E-state index is 0.00845. The number of carbonyl (C=O) groups is 3. The highest BCUT2D eigenvalue weighted by Gasteiger charge is 2.56. The zero-order valence-electron chi connectivity index (χ0n) is 20.3. The molecule has 9 nitrogen and oxygen atoms in total. The van der Waals surface area contributed by atoms with E-state index < -0.39 is 28.5 Å². The van der Waals surface area contributed by atoms with Crippen LogP contribution in [0.2, 0.25) is 0 Å². The van der Waals surface area contributed by atoms with Crippen molar-refractivity contribution in [3.8, 4) is 17.2 Å². The van der Waals surface area contributed by atoms with Crippen LogP contribution in [0.3, 0.4) is 0 Å². The van der Waals surface area contributed by atoms with Crippen molar-refractivity contribution in [2.75, 3.05) is 6.54 Å². The van der Waals surface area contributed by atoms with E-state index in [0.29, 0.717) is 18.7 Å². The van der Waals surface area contributed by atoms with Gasteiger partial charge in [-0.15, -0.1) is 0 Å². The predicted octanol–water partition coefficient (Wildman–Crippen LogP) is 3.28. The number of fused-ring (bicyclic) bond motifs is 4. The van der Waals surface area contributed by atoms with Gasteiger partial charge in [-0.2, -0.15) is 0 Å². The minimum atomic E-state index is -1.53. The lowest BCUT2D eigenvalue weighted by Gasteiger charge is -2.29. The van der Waals surface area contributed by atoms with Gasteiger partial charge in [0, 0.05) is 30.3 Å². The molecule has 1 atom stereocenters. The highest BCUT2D eigenvalue weighted by atomic mass is 16.5.